The molecule has 1 heterocycles. The molecule has 0 unspecified atom stereocenters. The Balaban J connectivity index is 1.60. The second-order valence-electron chi connectivity index (χ2n) is 7.19. The number of piperidine rings is 1. The van der Waals surface area contributed by atoms with E-state index in [1.165, 1.54) is 18.7 Å². The summed E-state index contributed by atoms with van der Waals surface area (Å²) < 4.78 is 19.2. The summed E-state index contributed by atoms with van der Waals surface area (Å²) in [5.41, 5.74) is 1.76. The van der Waals surface area contributed by atoms with Crippen LogP contribution < -0.4 is 4.74 Å². The van der Waals surface area contributed by atoms with Crippen molar-refractivity contribution in [3.05, 3.63) is 64.4 Å². The topological polar surface area (TPSA) is 32.7 Å². The number of nitrogens with zero attached hydrogens (tertiary/aromatic N) is 1. The van der Waals surface area contributed by atoms with Crippen LogP contribution >= 0.6 is 11.6 Å². The zero-order chi connectivity index (χ0) is 18.6. The number of hydrogen-bond donors (Lipinski definition) is 1. The first-order valence-electron chi connectivity index (χ1n) is 8.94. The van der Waals surface area contributed by atoms with Crippen molar-refractivity contribution in [2.75, 3.05) is 26.8 Å². The number of aliphatic hydroxyl groups excluding tert-OH is 1. The highest BCUT2D eigenvalue weighted by Gasteiger charge is 2.34. The van der Waals surface area contributed by atoms with Crippen molar-refractivity contribution in [2.45, 2.75) is 25.8 Å². The molecule has 0 amide bonds. The molecule has 1 aliphatic rings. The van der Waals surface area contributed by atoms with Crippen LogP contribution in [0.4, 0.5) is 4.39 Å². The average molecular weight is 378 g/mol. The predicted octanol–water partition coefficient (Wildman–Crippen LogP) is 4.30. The summed E-state index contributed by atoms with van der Waals surface area (Å²) in [6.45, 7) is 2.44. The van der Waals surface area contributed by atoms with Crippen molar-refractivity contribution >= 4 is 11.6 Å². The van der Waals surface area contributed by atoms with Crippen LogP contribution in [-0.4, -0.2) is 36.8 Å². The van der Waals surface area contributed by atoms with E-state index in [1.807, 2.05) is 24.3 Å². The van der Waals surface area contributed by atoms with Gasteiger partial charge < -0.3 is 9.84 Å². The summed E-state index contributed by atoms with van der Waals surface area (Å²) in [5.74, 6) is 0.302. The summed E-state index contributed by atoms with van der Waals surface area (Å²) in [6, 6.07) is 12.8. The fourth-order valence-corrected chi connectivity index (χ4v) is 3.76. The Kier molecular flexibility index (Phi) is 6.17. The van der Waals surface area contributed by atoms with E-state index >= 15 is 0 Å². The first-order valence-corrected chi connectivity index (χ1v) is 9.31. The molecule has 2 aromatic carbocycles. The van der Waals surface area contributed by atoms with E-state index in [9.17, 15) is 9.50 Å². The number of aliphatic hydroxyl groups is 1. The van der Waals surface area contributed by atoms with Gasteiger partial charge in [0.05, 0.1) is 7.11 Å². The van der Waals surface area contributed by atoms with Gasteiger partial charge in [-0.05, 0) is 61.5 Å². The van der Waals surface area contributed by atoms with E-state index in [-0.39, 0.29) is 17.8 Å². The third kappa shape index (κ3) is 4.56. The molecule has 0 bridgehead atoms. The van der Waals surface area contributed by atoms with Crippen LogP contribution in [-0.2, 0) is 13.0 Å². The van der Waals surface area contributed by atoms with Crippen LogP contribution in [0.3, 0.4) is 0 Å². The molecule has 0 aromatic heterocycles. The van der Waals surface area contributed by atoms with Gasteiger partial charge in [-0.2, -0.15) is 0 Å². The van der Waals surface area contributed by atoms with Gasteiger partial charge in [-0.1, -0.05) is 29.8 Å². The van der Waals surface area contributed by atoms with Crippen LogP contribution in [0.1, 0.15) is 24.0 Å². The number of rotatable bonds is 6. The Bertz CT molecular complexity index is 727. The summed E-state index contributed by atoms with van der Waals surface area (Å²) in [7, 11) is 1.54. The van der Waals surface area contributed by atoms with E-state index in [0.717, 1.165) is 37.4 Å². The molecular weight excluding hydrogens is 353 g/mol. The third-order valence-corrected chi connectivity index (χ3v) is 5.65. The molecule has 2 aromatic rings. The zero-order valence-electron chi connectivity index (χ0n) is 15.0. The van der Waals surface area contributed by atoms with Gasteiger partial charge in [0.15, 0.2) is 0 Å². The Morgan fingerprint density at radius 1 is 1.15 bits per heavy atom. The molecule has 140 valence electrons. The molecule has 5 heteroatoms. The molecule has 0 spiro atoms. The lowest BCUT2D eigenvalue weighted by Crippen LogP contribution is -2.43. The lowest BCUT2D eigenvalue weighted by atomic mass is 9.74. The molecule has 1 N–H and O–H groups in total. The second kappa shape index (κ2) is 8.38. The van der Waals surface area contributed by atoms with Crippen molar-refractivity contribution in [2.24, 2.45) is 5.41 Å². The smallest absolute Gasteiger partial charge is 0.131 e. The second-order valence-corrected chi connectivity index (χ2v) is 7.63. The fourth-order valence-electron chi connectivity index (χ4n) is 3.64. The quantitative estimate of drug-likeness (QED) is 0.814. The molecule has 3 rings (SSSR count). The highest BCUT2D eigenvalue weighted by molar-refractivity contribution is 6.30. The number of benzene rings is 2. The van der Waals surface area contributed by atoms with E-state index in [4.69, 9.17) is 16.3 Å². The van der Waals surface area contributed by atoms with Crippen molar-refractivity contribution < 1.29 is 14.2 Å². The summed E-state index contributed by atoms with van der Waals surface area (Å²) >= 11 is 5.96. The van der Waals surface area contributed by atoms with Gasteiger partial charge in [-0.3, -0.25) is 4.90 Å². The minimum Gasteiger partial charge on any atom is -0.497 e. The highest BCUT2D eigenvalue weighted by Crippen LogP contribution is 2.35. The first-order chi connectivity index (χ1) is 12.5. The van der Waals surface area contributed by atoms with Gasteiger partial charge >= 0.3 is 0 Å². The lowest BCUT2D eigenvalue weighted by Gasteiger charge is -2.41. The van der Waals surface area contributed by atoms with Crippen molar-refractivity contribution in [3.8, 4) is 5.75 Å². The fraction of sp³-hybridized carbons (Fsp3) is 0.429. The van der Waals surface area contributed by atoms with E-state index in [1.54, 1.807) is 12.1 Å². The molecule has 0 radical (unpaired) electrons. The normalized spacial score (nSPS) is 17.2. The van der Waals surface area contributed by atoms with Crippen LogP contribution in [0.2, 0.25) is 5.02 Å². The molecule has 26 heavy (non-hydrogen) atoms. The molecule has 3 nitrogen and oxygen atoms in total. The zero-order valence-corrected chi connectivity index (χ0v) is 15.8. The average Bonchev–Trinajstić information content (AvgIpc) is 2.67. The number of likely N-dealkylation sites (tertiary alicyclic amines) is 1. The molecule has 0 aliphatic carbocycles. The Morgan fingerprint density at radius 3 is 2.42 bits per heavy atom. The van der Waals surface area contributed by atoms with Crippen molar-refractivity contribution in [3.63, 3.8) is 0 Å². The maximum atomic E-state index is 14.2. The van der Waals surface area contributed by atoms with Gasteiger partial charge in [-0.15, -0.1) is 0 Å². The first kappa shape index (κ1) is 19.2. The number of hydrogen-bond acceptors (Lipinski definition) is 3. The van der Waals surface area contributed by atoms with Crippen LogP contribution in [0.15, 0.2) is 42.5 Å². The summed E-state index contributed by atoms with van der Waals surface area (Å²) in [4.78, 5) is 2.25. The van der Waals surface area contributed by atoms with Gasteiger partial charge in [0.1, 0.15) is 11.6 Å². The van der Waals surface area contributed by atoms with Crippen molar-refractivity contribution in [1.82, 2.24) is 4.90 Å². The SMILES string of the molecule is COc1ccc(CN2CCC(CO)(Cc3ccc(Cl)cc3)CC2)c(F)c1. The Morgan fingerprint density at radius 2 is 1.85 bits per heavy atom. The number of methoxy groups -OCH3 is 1. The van der Waals surface area contributed by atoms with E-state index < -0.39 is 0 Å². The number of halogens is 2. The number of ether oxygens (including phenoxy) is 1. The van der Waals surface area contributed by atoms with Gasteiger partial charge in [-0.25, -0.2) is 4.39 Å². The highest BCUT2D eigenvalue weighted by atomic mass is 35.5. The minimum absolute atomic E-state index is 0.108. The van der Waals surface area contributed by atoms with Crippen molar-refractivity contribution in [1.29, 1.82) is 0 Å². The molecular formula is C21H25ClFNO2. The molecule has 0 atom stereocenters. The monoisotopic (exact) mass is 377 g/mol. The lowest BCUT2D eigenvalue weighted by molar-refractivity contribution is 0.0410. The van der Waals surface area contributed by atoms with E-state index in [2.05, 4.69) is 4.90 Å². The summed E-state index contributed by atoms with van der Waals surface area (Å²) in [5, 5.41) is 10.7. The third-order valence-electron chi connectivity index (χ3n) is 5.40. The minimum atomic E-state index is -0.232. The Labute approximate surface area is 159 Å². The van der Waals surface area contributed by atoms with Crippen LogP contribution in [0, 0.1) is 11.2 Å². The maximum absolute atomic E-state index is 14.2. The standard InChI is InChI=1S/C21H25ClFNO2/c1-26-19-7-4-17(20(23)12-19)14-24-10-8-21(15-25,9-11-24)13-16-2-5-18(22)6-3-16/h2-7,12,25H,8-11,13-15H2,1H3. The van der Waals surface area contributed by atoms with Gasteiger partial charge in [0.2, 0.25) is 0 Å². The van der Waals surface area contributed by atoms with Gasteiger partial charge in [0.25, 0.3) is 0 Å². The van der Waals surface area contributed by atoms with Crippen LogP contribution in [0.5, 0.6) is 5.75 Å². The molecule has 0 saturated carbocycles. The maximum Gasteiger partial charge on any atom is 0.131 e. The predicted molar refractivity (Wildman–Crippen MR) is 102 cm³/mol. The molecule has 1 saturated heterocycles. The van der Waals surface area contributed by atoms with Gasteiger partial charge in [0, 0.05) is 29.8 Å². The van der Waals surface area contributed by atoms with E-state index in [0.29, 0.717) is 17.9 Å². The molecule has 1 fully saturated rings. The van der Waals surface area contributed by atoms with Crippen LogP contribution in [0.25, 0.3) is 0 Å². The summed E-state index contributed by atoms with van der Waals surface area (Å²) in [6.07, 6.45) is 2.62. The molecule has 1 aliphatic heterocycles. The largest absolute Gasteiger partial charge is 0.497 e. The Hall–Kier alpha value is -1.62.